The van der Waals surface area contributed by atoms with E-state index < -0.39 is 0 Å². The van der Waals surface area contributed by atoms with Gasteiger partial charge in [0.1, 0.15) is 5.15 Å². The van der Waals surface area contributed by atoms with Gasteiger partial charge in [-0.3, -0.25) is 0 Å². The van der Waals surface area contributed by atoms with Crippen molar-refractivity contribution in [1.29, 1.82) is 0 Å². The molecular formula is C14H17ClN2. The minimum Gasteiger partial charge on any atom is -0.316 e. The fourth-order valence-corrected chi connectivity index (χ4v) is 3.03. The van der Waals surface area contributed by atoms with E-state index >= 15 is 0 Å². The van der Waals surface area contributed by atoms with E-state index in [1.807, 2.05) is 13.1 Å². The van der Waals surface area contributed by atoms with Crippen LogP contribution in [0, 0.1) is 18.8 Å². The Morgan fingerprint density at radius 3 is 3.00 bits per heavy atom. The smallest absolute Gasteiger partial charge is 0.131 e. The summed E-state index contributed by atoms with van der Waals surface area (Å²) in [6, 6.07) is 2.16. The molecule has 2 atom stereocenters. The molecule has 0 bridgehead atoms. The minimum absolute atomic E-state index is 0.616. The third kappa shape index (κ3) is 2.12. The van der Waals surface area contributed by atoms with Crippen LogP contribution in [0.15, 0.2) is 18.3 Å². The van der Waals surface area contributed by atoms with Crippen LogP contribution in [0.5, 0.6) is 0 Å². The molecule has 90 valence electrons. The van der Waals surface area contributed by atoms with Crippen LogP contribution in [0.1, 0.15) is 24.0 Å². The molecule has 2 nitrogen and oxygen atoms in total. The van der Waals surface area contributed by atoms with Crippen LogP contribution in [0.3, 0.4) is 0 Å². The van der Waals surface area contributed by atoms with E-state index in [2.05, 4.69) is 22.4 Å². The first-order valence-electron chi connectivity index (χ1n) is 6.26. The Bertz CT molecular complexity index is 467. The van der Waals surface area contributed by atoms with Crippen molar-refractivity contribution in [3.8, 4) is 0 Å². The van der Waals surface area contributed by atoms with Crippen molar-refractivity contribution < 1.29 is 0 Å². The second kappa shape index (κ2) is 4.43. The van der Waals surface area contributed by atoms with Crippen LogP contribution in [0.25, 0.3) is 5.57 Å². The van der Waals surface area contributed by atoms with Crippen molar-refractivity contribution >= 4 is 17.2 Å². The number of aromatic nitrogens is 1. The van der Waals surface area contributed by atoms with Gasteiger partial charge >= 0.3 is 0 Å². The summed E-state index contributed by atoms with van der Waals surface area (Å²) in [6.07, 6.45) is 6.68. The molecule has 2 heterocycles. The minimum atomic E-state index is 0.616. The number of allylic oxidation sites excluding steroid dienone is 2. The van der Waals surface area contributed by atoms with Crippen LogP contribution in [0.2, 0.25) is 5.15 Å². The second-order valence-corrected chi connectivity index (χ2v) is 5.54. The molecule has 17 heavy (non-hydrogen) atoms. The predicted octanol–water partition coefficient (Wildman–Crippen LogP) is 3.06. The number of nitrogens with zero attached hydrogens (tertiary/aromatic N) is 1. The standard InChI is InChI=1S/C14H17ClN2/c1-9-4-12(8-17-14(9)15)10-2-3-11-6-16-7-13(11)5-10/h2,4,8,11,13,16H,3,5-7H2,1H3/t11-,13+/m1/s1. The predicted molar refractivity (Wildman–Crippen MR) is 71.0 cm³/mol. The van der Waals surface area contributed by atoms with E-state index in [4.69, 9.17) is 11.6 Å². The molecule has 1 aliphatic carbocycles. The number of hydrogen-bond acceptors (Lipinski definition) is 2. The average Bonchev–Trinajstić information content (AvgIpc) is 2.79. The molecule has 3 heteroatoms. The molecule has 1 aliphatic heterocycles. The molecular weight excluding hydrogens is 232 g/mol. The van der Waals surface area contributed by atoms with Crippen LogP contribution >= 0.6 is 11.6 Å². The maximum absolute atomic E-state index is 5.97. The summed E-state index contributed by atoms with van der Waals surface area (Å²) >= 11 is 5.97. The summed E-state index contributed by atoms with van der Waals surface area (Å²) in [5, 5.41) is 4.10. The number of hydrogen-bond donors (Lipinski definition) is 1. The fourth-order valence-electron chi connectivity index (χ4n) is 2.93. The number of rotatable bonds is 1. The van der Waals surface area contributed by atoms with Crippen LogP contribution < -0.4 is 5.32 Å². The van der Waals surface area contributed by atoms with Gasteiger partial charge in [-0.25, -0.2) is 4.98 Å². The van der Waals surface area contributed by atoms with E-state index in [1.165, 1.54) is 37.1 Å². The summed E-state index contributed by atoms with van der Waals surface area (Å²) in [5.74, 6) is 1.66. The zero-order valence-corrected chi connectivity index (χ0v) is 10.8. The number of halogens is 1. The third-order valence-electron chi connectivity index (χ3n) is 4.01. The number of pyridine rings is 1. The van der Waals surface area contributed by atoms with Crippen LogP contribution in [0.4, 0.5) is 0 Å². The maximum Gasteiger partial charge on any atom is 0.131 e. The first-order chi connectivity index (χ1) is 8.24. The van der Waals surface area contributed by atoms with E-state index in [1.54, 1.807) is 0 Å². The summed E-state index contributed by atoms with van der Waals surface area (Å²) in [5.41, 5.74) is 3.76. The van der Waals surface area contributed by atoms with Gasteiger partial charge in [-0.05, 0) is 67.5 Å². The highest BCUT2D eigenvalue weighted by molar-refractivity contribution is 6.30. The lowest BCUT2D eigenvalue weighted by Crippen LogP contribution is -2.16. The summed E-state index contributed by atoms with van der Waals surface area (Å²) in [4.78, 5) is 4.25. The number of nitrogens with one attached hydrogen (secondary N) is 1. The molecule has 1 aromatic heterocycles. The lowest BCUT2D eigenvalue weighted by Gasteiger charge is -2.24. The van der Waals surface area contributed by atoms with Gasteiger partial charge in [0, 0.05) is 6.20 Å². The van der Waals surface area contributed by atoms with Gasteiger partial charge in [-0.2, -0.15) is 0 Å². The summed E-state index contributed by atoms with van der Waals surface area (Å²) < 4.78 is 0. The summed E-state index contributed by atoms with van der Waals surface area (Å²) in [6.45, 7) is 4.37. The Morgan fingerprint density at radius 1 is 1.35 bits per heavy atom. The monoisotopic (exact) mass is 248 g/mol. The molecule has 1 fully saturated rings. The molecule has 3 rings (SSSR count). The van der Waals surface area contributed by atoms with Gasteiger partial charge in [-0.1, -0.05) is 17.7 Å². The maximum atomic E-state index is 5.97. The Kier molecular flexibility index (Phi) is 2.93. The van der Waals surface area contributed by atoms with Gasteiger partial charge in [0.2, 0.25) is 0 Å². The van der Waals surface area contributed by atoms with Gasteiger partial charge in [0.15, 0.2) is 0 Å². The van der Waals surface area contributed by atoms with E-state index in [-0.39, 0.29) is 0 Å². The molecule has 1 aromatic rings. The fraction of sp³-hybridized carbons (Fsp3) is 0.500. The lowest BCUT2D eigenvalue weighted by molar-refractivity contribution is 0.418. The zero-order valence-electron chi connectivity index (χ0n) is 10.0. The molecule has 2 aliphatic rings. The second-order valence-electron chi connectivity index (χ2n) is 5.18. The first-order valence-corrected chi connectivity index (χ1v) is 6.64. The van der Waals surface area contributed by atoms with Crippen molar-refractivity contribution in [2.45, 2.75) is 19.8 Å². The molecule has 1 N–H and O–H groups in total. The molecule has 0 unspecified atom stereocenters. The number of fused-ring (bicyclic) bond motifs is 1. The molecule has 1 saturated heterocycles. The highest BCUT2D eigenvalue weighted by atomic mass is 35.5. The van der Waals surface area contributed by atoms with Crippen molar-refractivity contribution in [2.75, 3.05) is 13.1 Å². The Labute approximate surface area is 107 Å². The topological polar surface area (TPSA) is 24.9 Å². The van der Waals surface area contributed by atoms with Gasteiger partial charge in [0.25, 0.3) is 0 Å². The van der Waals surface area contributed by atoms with Crippen LogP contribution in [-0.2, 0) is 0 Å². The van der Waals surface area contributed by atoms with Crippen molar-refractivity contribution in [3.63, 3.8) is 0 Å². The van der Waals surface area contributed by atoms with E-state index in [9.17, 15) is 0 Å². The average molecular weight is 249 g/mol. The summed E-state index contributed by atoms with van der Waals surface area (Å²) in [7, 11) is 0. The normalized spacial score (nSPS) is 27.8. The molecule has 0 amide bonds. The quantitative estimate of drug-likeness (QED) is 0.773. The molecule has 0 radical (unpaired) electrons. The van der Waals surface area contributed by atoms with Crippen molar-refractivity contribution in [2.24, 2.45) is 11.8 Å². The van der Waals surface area contributed by atoms with Gasteiger partial charge in [0.05, 0.1) is 0 Å². The van der Waals surface area contributed by atoms with Crippen molar-refractivity contribution in [3.05, 3.63) is 34.6 Å². The van der Waals surface area contributed by atoms with Crippen LogP contribution in [-0.4, -0.2) is 18.1 Å². The van der Waals surface area contributed by atoms with Gasteiger partial charge in [-0.15, -0.1) is 0 Å². The lowest BCUT2D eigenvalue weighted by atomic mass is 9.80. The largest absolute Gasteiger partial charge is 0.316 e. The number of aryl methyl sites for hydroxylation is 1. The van der Waals surface area contributed by atoms with E-state index in [0.29, 0.717) is 5.15 Å². The Balaban J connectivity index is 1.86. The zero-order chi connectivity index (χ0) is 11.8. The molecule has 0 saturated carbocycles. The SMILES string of the molecule is Cc1cc(C2=CC[C@@H]3CNC[C@@H]3C2)cnc1Cl. The van der Waals surface area contributed by atoms with E-state index in [0.717, 1.165) is 17.4 Å². The van der Waals surface area contributed by atoms with Gasteiger partial charge < -0.3 is 5.32 Å². The Morgan fingerprint density at radius 2 is 2.18 bits per heavy atom. The third-order valence-corrected chi connectivity index (χ3v) is 4.41. The Hall–Kier alpha value is -0.860. The highest BCUT2D eigenvalue weighted by Crippen LogP contribution is 2.36. The van der Waals surface area contributed by atoms with Crippen molar-refractivity contribution in [1.82, 2.24) is 10.3 Å². The molecule has 0 spiro atoms. The molecule has 0 aromatic carbocycles. The highest BCUT2D eigenvalue weighted by Gasteiger charge is 2.30. The first kappa shape index (κ1) is 11.2.